The average Bonchev–Trinajstić information content (AvgIpc) is 2.31. The SMILES string of the molecule is CCCCN(CC)CCCCCNCC(C)C. The summed E-state index contributed by atoms with van der Waals surface area (Å²) in [6.07, 6.45) is 6.73. The van der Waals surface area contributed by atoms with Gasteiger partial charge < -0.3 is 10.2 Å². The largest absolute Gasteiger partial charge is 0.316 e. The number of nitrogens with zero attached hydrogens (tertiary/aromatic N) is 1. The minimum Gasteiger partial charge on any atom is -0.316 e. The quantitative estimate of drug-likeness (QED) is 0.527. The van der Waals surface area contributed by atoms with Crippen LogP contribution in [0.15, 0.2) is 0 Å². The molecule has 0 radical (unpaired) electrons. The molecule has 0 aliphatic carbocycles. The van der Waals surface area contributed by atoms with Crippen LogP contribution in [-0.2, 0) is 0 Å². The van der Waals surface area contributed by atoms with Gasteiger partial charge in [-0.25, -0.2) is 0 Å². The van der Waals surface area contributed by atoms with E-state index >= 15 is 0 Å². The third kappa shape index (κ3) is 12.2. The van der Waals surface area contributed by atoms with Gasteiger partial charge in [0.25, 0.3) is 0 Å². The summed E-state index contributed by atoms with van der Waals surface area (Å²) in [5.41, 5.74) is 0. The maximum atomic E-state index is 3.51. The van der Waals surface area contributed by atoms with E-state index in [1.807, 2.05) is 0 Å². The predicted octanol–water partition coefficient (Wildman–Crippen LogP) is 3.52. The second kappa shape index (κ2) is 12.4. The molecule has 0 aliphatic heterocycles. The summed E-state index contributed by atoms with van der Waals surface area (Å²) in [4.78, 5) is 2.59. The van der Waals surface area contributed by atoms with Crippen LogP contribution in [0.2, 0.25) is 0 Å². The highest BCUT2D eigenvalue weighted by molar-refractivity contribution is 4.57. The molecule has 0 heterocycles. The lowest BCUT2D eigenvalue weighted by atomic mass is 10.2. The van der Waals surface area contributed by atoms with E-state index in [1.165, 1.54) is 58.3 Å². The molecule has 0 aromatic rings. The minimum atomic E-state index is 0.777. The summed E-state index contributed by atoms with van der Waals surface area (Å²) in [5, 5.41) is 3.51. The van der Waals surface area contributed by atoms with Gasteiger partial charge >= 0.3 is 0 Å². The first-order chi connectivity index (χ1) is 8.20. The molecule has 1 N–H and O–H groups in total. The minimum absolute atomic E-state index is 0.777. The van der Waals surface area contributed by atoms with Crippen molar-refractivity contribution in [3.63, 3.8) is 0 Å². The Kier molecular flexibility index (Phi) is 12.3. The van der Waals surface area contributed by atoms with Crippen LogP contribution in [0, 0.1) is 5.92 Å². The molecule has 0 unspecified atom stereocenters. The molecular formula is C15H34N2. The fraction of sp³-hybridized carbons (Fsp3) is 1.00. The lowest BCUT2D eigenvalue weighted by Gasteiger charge is -2.19. The Bertz CT molecular complexity index is 146. The van der Waals surface area contributed by atoms with Gasteiger partial charge in [0.2, 0.25) is 0 Å². The molecule has 0 saturated heterocycles. The first-order valence-electron chi connectivity index (χ1n) is 7.63. The van der Waals surface area contributed by atoms with E-state index < -0.39 is 0 Å². The molecule has 0 aromatic heterocycles. The van der Waals surface area contributed by atoms with Crippen molar-refractivity contribution in [2.45, 2.75) is 59.8 Å². The lowest BCUT2D eigenvalue weighted by Crippen LogP contribution is -2.26. The average molecular weight is 242 g/mol. The maximum Gasteiger partial charge on any atom is -0.00188 e. The van der Waals surface area contributed by atoms with Crippen molar-refractivity contribution in [1.29, 1.82) is 0 Å². The van der Waals surface area contributed by atoms with Gasteiger partial charge in [-0.2, -0.15) is 0 Å². The highest BCUT2D eigenvalue weighted by Gasteiger charge is 2.00. The van der Waals surface area contributed by atoms with Gasteiger partial charge in [0.1, 0.15) is 0 Å². The normalized spacial score (nSPS) is 11.6. The molecule has 0 atom stereocenters. The highest BCUT2D eigenvalue weighted by atomic mass is 15.1. The van der Waals surface area contributed by atoms with Crippen LogP contribution in [-0.4, -0.2) is 37.6 Å². The fourth-order valence-electron chi connectivity index (χ4n) is 1.96. The topological polar surface area (TPSA) is 15.3 Å². The van der Waals surface area contributed by atoms with Crippen molar-refractivity contribution in [1.82, 2.24) is 10.2 Å². The van der Waals surface area contributed by atoms with E-state index in [2.05, 4.69) is 37.9 Å². The predicted molar refractivity (Wildman–Crippen MR) is 78.6 cm³/mol. The molecule has 2 heteroatoms. The number of nitrogens with one attached hydrogen (secondary N) is 1. The van der Waals surface area contributed by atoms with Crippen molar-refractivity contribution in [2.75, 3.05) is 32.7 Å². The summed E-state index contributed by atoms with van der Waals surface area (Å²) in [6, 6.07) is 0. The molecule has 0 aromatic carbocycles. The molecule has 0 spiro atoms. The smallest absolute Gasteiger partial charge is 0.00188 e. The molecular weight excluding hydrogens is 208 g/mol. The second-order valence-corrected chi connectivity index (χ2v) is 5.45. The van der Waals surface area contributed by atoms with Crippen LogP contribution in [0.1, 0.15) is 59.8 Å². The van der Waals surface area contributed by atoms with Gasteiger partial charge in [0.15, 0.2) is 0 Å². The van der Waals surface area contributed by atoms with Crippen LogP contribution >= 0.6 is 0 Å². The zero-order valence-electron chi connectivity index (χ0n) is 12.6. The molecule has 0 fully saturated rings. The molecule has 0 saturated carbocycles. The Morgan fingerprint density at radius 3 is 2.24 bits per heavy atom. The number of unbranched alkanes of at least 4 members (excludes halogenated alkanes) is 3. The van der Waals surface area contributed by atoms with Crippen LogP contribution in [0.25, 0.3) is 0 Å². The van der Waals surface area contributed by atoms with Crippen LogP contribution in [0.4, 0.5) is 0 Å². The molecule has 104 valence electrons. The summed E-state index contributed by atoms with van der Waals surface area (Å²) >= 11 is 0. The molecule has 17 heavy (non-hydrogen) atoms. The Morgan fingerprint density at radius 2 is 1.65 bits per heavy atom. The van der Waals surface area contributed by atoms with Crippen molar-refractivity contribution in [3.05, 3.63) is 0 Å². The monoisotopic (exact) mass is 242 g/mol. The van der Waals surface area contributed by atoms with E-state index in [1.54, 1.807) is 0 Å². The highest BCUT2D eigenvalue weighted by Crippen LogP contribution is 2.00. The second-order valence-electron chi connectivity index (χ2n) is 5.45. The Labute approximate surface area is 109 Å². The van der Waals surface area contributed by atoms with Crippen molar-refractivity contribution in [2.24, 2.45) is 5.92 Å². The van der Waals surface area contributed by atoms with E-state index in [9.17, 15) is 0 Å². The van der Waals surface area contributed by atoms with E-state index in [-0.39, 0.29) is 0 Å². The Balaban J connectivity index is 3.24. The standard InChI is InChI=1S/C15H34N2/c1-5-7-12-17(6-2)13-10-8-9-11-16-14-15(3)4/h15-16H,5-14H2,1-4H3. The number of hydrogen-bond acceptors (Lipinski definition) is 2. The van der Waals surface area contributed by atoms with Crippen LogP contribution in [0.3, 0.4) is 0 Å². The molecule has 0 bridgehead atoms. The van der Waals surface area contributed by atoms with Crippen LogP contribution < -0.4 is 5.32 Å². The van der Waals surface area contributed by atoms with Crippen molar-refractivity contribution >= 4 is 0 Å². The zero-order chi connectivity index (χ0) is 12.9. The van der Waals surface area contributed by atoms with Gasteiger partial charge in [0.05, 0.1) is 0 Å². The number of hydrogen-bond donors (Lipinski definition) is 1. The summed E-state index contributed by atoms with van der Waals surface area (Å²) in [6.45, 7) is 15.2. The molecule has 0 amide bonds. The van der Waals surface area contributed by atoms with E-state index in [0.29, 0.717) is 0 Å². The van der Waals surface area contributed by atoms with Crippen molar-refractivity contribution < 1.29 is 0 Å². The lowest BCUT2D eigenvalue weighted by molar-refractivity contribution is 0.276. The number of rotatable bonds is 12. The van der Waals surface area contributed by atoms with E-state index in [4.69, 9.17) is 0 Å². The summed E-state index contributed by atoms with van der Waals surface area (Å²) in [7, 11) is 0. The third-order valence-electron chi connectivity index (χ3n) is 3.16. The van der Waals surface area contributed by atoms with Gasteiger partial charge in [-0.1, -0.05) is 40.5 Å². The van der Waals surface area contributed by atoms with Gasteiger partial charge in [0, 0.05) is 0 Å². The Morgan fingerprint density at radius 1 is 0.941 bits per heavy atom. The Hall–Kier alpha value is -0.0800. The first kappa shape index (κ1) is 16.9. The zero-order valence-corrected chi connectivity index (χ0v) is 12.6. The maximum absolute atomic E-state index is 3.51. The molecule has 0 aliphatic rings. The summed E-state index contributed by atoms with van der Waals surface area (Å²) < 4.78 is 0. The third-order valence-corrected chi connectivity index (χ3v) is 3.16. The summed E-state index contributed by atoms with van der Waals surface area (Å²) in [5.74, 6) is 0.777. The molecule has 2 nitrogen and oxygen atoms in total. The fourth-order valence-corrected chi connectivity index (χ4v) is 1.96. The van der Waals surface area contributed by atoms with Crippen LogP contribution in [0.5, 0.6) is 0 Å². The van der Waals surface area contributed by atoms with Gasteiger partial charge in [-0.05, 0) is 57.9 Å². The van der Waals surface area contributed by atoms with Gasteiger partial charge in [-0.15, -0.1) is 0 Å². The molecule has 0 rings (SSSR count). The first-order valence-corrected chi connectivity index (χ1v) is 7.63. The van der Waals surface area contributed by atoms with Crippen molar-refractivity contribution in [3.8, 4) is 0 Å². The van der Waals surface area contributed by atoms with E-state index in [0.717, 1.165) is 12.5 Å². The van der Waals surface area contributed by atoms with Gasteiger partial charge in [-0.3, -0.25) is 0 Å².